The molecule has 424 valence electrons. The maximum absolute atomic E-state index is 13.1. The zero-order chi connectivity index (χ0) is 52.6. The van der Waals surface area contributed by atoms with Gasteiger partial charge in [0.25, 0.3) is 0 Å². The third-order valence-electron chi connectivity index (χ3n) is 14.2. The Labute approximate surface area is 441 Å². The number of carbonyl (C=O) groups is 1. The molecule has 1 aliphatic heterocycles. The molecule has 1 heterocycles. The zero-order valence-corrected chi connectivity index (χ0v) is 46.8. The quantitative estimate of drug-likeness (QED) is 0.0193. The summed E-state index contributed by atoms with van der Waals surface area (Å²) in [5.74, 6) is -0.260. The number of rotatable bonds is 52. The first kappa shape index (κ1) is 68.3. The van der Waals surface area contributed by atoms with Crippen LogP contribution in [0.25, 0.3) is 0 Å². The van der Waals surface area contributed by atoms with Gasteiger partial charge in [-0.2, -0.15) is 8.42 Å². The Morgan fingerprint density at radius 3 is 1.32 bits per heavy atom. The highest BCUT2D eigenvalue weighted by molar-refractivity contribution is 7.80. The van der Waals surface area contributed by atoms with E-state index in [-0.39, 0.29) is 18.9 Å². The number of aliphatic hydroxyl groups is 4. The summed E-state index contributed by atoms with van der Waals surface area (Å²) in [5, 5.41) is 44.9. The molecule has 1 amide bonds. The molecule has 1 aliphatic rings. The Bertz CT molecular complexity index is 1410. The molecular weight excluding hydrogens is 931 g/mol. The van der Waals surface area contributed by atoms with Crippen molar-refractivity contribution in [2.24, 2.45) is 0 Å². The third kappa shape index (κ3) is 40.6. The topological polar surface area (TPSA) is 192 Å². The van der Waals surface area contributed by atoms with Crippen LogP contribution in [0.3, 0.4) is 0 Å². The van der Waals surface area contributed by atoms with E-state index in [9.17, 15) is 38.2 Å². The second-order valence-electron chi connectivity index (χ2n) is 20.9. The lowest BCUT2D eigenvalue weighted by molar-refractivity contribution is -0.298. The number of hydrogen-bond donors (Lipinski definition) is 6. The van der Waals surface area contributed by atoms with Crippen molar-refractivity contribution in [1.29, 1.82) is 0 Å². The standard InChI is InChI=1S/C59H111NO11S/c1-3-5-7-9-11-13-15-17-18-19-20-21-22-23-24-25-26-27-28-29-30-31-32-33-34-35-36-37-39-41-43-45-47-49-55(63)60-52(53(62)48-46-44-42-40-38-16-14-12-10-8-6-4-2)51-69-59-57(65)58(71-72(66,67)68)56(64)54(50-61)70-59/h20-21,23-24,46,48,52-54,56-59,61-62,64-65H,3-19,22,25-45,47,49-51H2,1-2H3,(H,60,63)(H,66,67,68)/b21-20-,24-23-,48-46+. The minimum absolute atomic E-state index is 0.260. The SMILES string of the molecule is CCCCCCCCCCC/C=C\C/C=C\CCCCCCCCCCCCCCCCCCCC(=O)NC(COC1OC(CO)C(O)C(OS(=O)(=O)O)C1O)C(O)/C=C/CCCCCCCCCCCC. The van der Waals surface area contributed by atoms with Gasteiger partial charge in [0.05, 0.1) is 25.4 Å². The minimum atomic E-state index is -5.09. The number of unbranched alkanes of at least 4 members (excludes halogenated alkanes) is 36. The number of ether oxygens (including phenoxy) is 2. The van der Waals surface area contributed by atoms with Gasteiger partial charge in [0.1, 0.15) is 24.4 Å². The fourth-order valence-corrected chi connectivity index (χ4v) is 10.1. The maximum Gasteiger partial charge on any atom is 0.397 e. The van der Waals surface area contributed by atoms with Crippen LogP contribution in [0.2, 0.25) is 0 Å². The summed E-state index contributed by atoms with van der Waals surface area (Å²) in [5.41, 5.74) is 0. The fourth-order valence-electron chi connectivity index (χ4n) is 9.55. The third-order valence-corrected chi connectivity index (χ3v) is 14.6. The van der Waals surface area contributed by atoms with Crippen LogP contribution in [0, 0.1) is 0 Å². The highest BCUT2D eigenvalue weighted by Gasteiger charge is 2.48. The molecule has 1 rings (SSSR count). The highest BCUT2D eigenvalue weighted by atomic mass is 32.3. The lowest BCUT2D eigenvalue weighted by Gasteiger charge is -2.41. The summed E-state index contributed by atoms with van der Waals surface area (Å²) < 4.78 is 47.7. The summed E-state index contributed by atoms with van der Waals surface area (Å²) in [4.78, 5) is 13.1. The van der Waals surface area contributed by atoms with Gasteiger partial charge in [-0.25, -0.2) is 4.18 Å². The minimum Gasteiger partial charge on any atom is -0.394 e. The van der Waals surface area contributed by atoms with Crippen LogP contribution in [0.5, 0.6) is 0 Å². The predicted octanol–water partition coefficient (Wildman–Crippen LogP) is 14.2. The number of carbonyl (C=O) groups excluding carboxylic acids is 1. The van der Waals surface area contributed by atoms with Crippen molar-refractivity contribution in [3.8, 4) is 0 Å². The molecule has 72 heavy (non-hydrogen) atoms. The van der Waals surface area contributed by atoms with Crippen LogP contribution < -0.4 is 5.32 Å². The molecule has 12 nitrogen and oxygen atoms in total. The number of aliphatic hydroxyl groups excluding tert-OH is 4. The number of nitrogens with one attached hydrogen (secondary N) is 1. The summed E-state index contributed by atoms with van der Waals surface area (Å²) >= 11 is 0. The van der Waals surface area contributed by atoms with E-state index < -0.39 is 59.9 Å². The van der Waals surface area contributed by atoms with Gasteiger partial charge >= 0.3 is 10.4 Å². The Kier molecular flexibility index (Phi) is 46.4. The van der Waals surface area contributed by atoms with E-state index in [0.717, 1.165) is 44.9 Å². The molecule has 0 aromatic heterocycles. The van der Waals surface area contributed by atoms with Crippen LogP contribution in [-0.2, 0) is 28.9 Å². The second-order valence-corrected chi connectivity index (χ2v) is 22.0. The van der Waals surface area contributed by atoms with E-state index in [0.29, 0.717) is 6.42 Å². The number of hydrogen-bond acceptors (Lipinski definition) is 10. The lowest BCUT2D eigenvalue weighted by atomic mass is 9.99. The van der Waals surface area contributed by atoms with E-state index >= 15 is 0 Å². The first-order chi connectivity index (χ1) is 35.0. The molecule has 1 fully saturated rings. The van der Waals surface area contributed by atoms with Crippen molar-refractivity contribution in [1.82, 2.24) is 5.32 Å². The first-order valence-electron chi connectivity index (χ1n) is 29.9. The molecule has 0 saturated carbocycles. The predicted molar refractivity (Wildman–Crippen MR) is 296 cm³/mol. The largest absolute Gasteiger partial charge is 0.397 e. The van der Waals surface area contributed by atoms with Crippen LogP contribution in [0.1, 0.15) is 277 Å². The average molecular weight is 1040 g/mol. The molecule has 1 saturated heterocycles. The van der Waals surface area contributed by atoms with Crippen LogP contribution in [-0.4, -0.2) is 95.4 Å². The smallest absolute Gasteiger partial charge is 0.394 e. The highest BCUT2D eigenvalue weighted by Crippen LogP contribution is 2.26. The molecule has 0 spiro atoms. The molecule has 0 aromatic carbocycles. The Balaban J connectivity index is 2.22. The normalized spacial score (nSPS) is 19.6. The van der Waals surface area contributed by atoms with Gasteiger partial charge in [-0.1, -0.05) is 256 Å². The van der Waals surface area contributed by atoms with E-state index in [1.54, 1.807) is 6.08 Å². The van der Waals surface area contributed by atoms with E-state index in [4.69, 9.17) is 9.47 Å². The second kappa shape index (κ2) is 48.9. The van der Waals surface area contributed by atoms with Crippen molar-refractivity contribution in [2.75, 3.05) is 13.2 Å². The summed E-state index contributed by atoms with van der Waals surface area (Å²) in [7, 11) is -5.09. The molecule has 13 heteroatoms. The maximum atomic E-state index is 13.1. The molecular formula is C59H111NO11S. The van der Waals surface area contributed by atoms with Gasteiger partial charge in [0.2, 0.25) is 5.91 Å². The monoisotopic (exact) mass is 1040 g/mol. The van der Waals surface area contributed by atoms with E-state index in [2.05, 4.69) is 47.7 Å². The van der Waals surface area contributed by atoms with Gasteiger partial charge < -0.3 is 35.2 Å². The Hall–Kier alpha value is -1.68. The van der Waals surface area contributed by atoms with Gasteiger partial charge in [0, 0.05) is 6.42 Å². The van der Waals surface area contributed by atoms with Crippen LogP contribution >= 0.6 is 0 Å². The van der Waals surface area contributed by atoms with E-state index in [1.807, 2.05) is 6.08 Å². The number of amides is 1. The summed E-state index contributed by atoms with van der Waals surface area (Å²) in [6.45, 7) is 3.40. The van der Waals surface area contributed by atoms with Crippen LogP contribution in [0.4, 0.5) is 0 Å². The fraction of sp³-hybridized carbons (Fsp3) is 0.881. The molecule has 0 aliphatic carbocycles. The number of allylic oxidation sites excluding steroid dienone is 5. The van der Waals surface area contributed by atoms with Gasteiger partial charge in [-0.15, -0.1) is 0 Å². The van der Waals surface area contributed by atoms with Crippen LogP contribution in [0.15, 0.2) is 36.5 Å². The Morgan fingerprint density at radius 2 is 0.931 bits per heavy atom. The molecule has 7 atom stereocenters. The van der Waals surface area contributed by atoms with Gasteiger partial charge in [-0.3, -0.25) is 9.35 Å². The summed E-state index contributed by atoms with van der Waals surface area (Å²) in [6.07, 6.45) is 53.6. The van der Waals surface area contributed by atoms with E-state index in [1.165, 1.54) is 205 Å². The molecule has 0 aromatic rings. The zero-order valence-electron chi connectivity index (χ0n) is 46.0. The van der Waals surface area contributed by atoms with Crippen molar-refractivity contribution >= 4 is 16.3 Å². The average Bonchev–Trinajstić information content (AvgIpc) is 3.36. The van der Waals surface area contributed by atoms with Crippen molar-refractivity contribution in [3.63, 3.8) is 0 Å². The molecule has 0 radical (unpaired) electrons. The Morgan fingerprint density at radius 1 is 0.556 bits per heavy atom. The molecule has 0 bridgehead atoms. The van der Waals surface area contributed by atoms with Crippen molar-refractivity contribution < 1.29 is 51.8 Å². The van der Waals surface area contributed by atoms with Crippen molar-refractivity contribution in [3.05, 3.63) is 36.5 Å². The first-order valence-corrected chi connectivity index (χ1v) is 31.2. The summed E-state index contributed by atoms with van der Waals surface area (Å²) in [6, 6.07) is -0.942. The van der Waals surface area contributed by atoms with Gasteiger partial charge in [0.15, 0.2) is 6.29 Å². The lowest BCUT2D eigenvalue weighted by Crippen LogP contribution is -2.61. The van der Waals surface area contributed by atoms with Crippen molar-refractivity contribution in [2.45, 2.75) is 320 Å². The molecule has 7 unspecified atom stereocenters. The van der Waals surface area contributed by atoms with Gasteiger partial charge in [-0.05, 0) is 51.4 Å². The molecule has 6 N–H and O–H groups in total.